The third kappa shape index (κ3) is 3.07. The first-order valence-electron chi connectivity index (χ1n) is 8.26. The zero-order valence-electron chi connectivity index (χ0n) is 14.1. The summed E-state index contributed by atoms with van der Waals surface area (Å²) in [6.45, 7) is 3.13. The van der Waals surface area contributed by atoms with Gasteiger partial charge in [-0.2, -0.15) is 4.31 Å². The van der Waals surface area contributed by atoms with Crippen LogP contribution in [0, 0.1) is 12.7 Å². The van der Waals surface area contributed by atoms with Crippen molar-refractivity contribution >= 4 is 15.9 Å². The van der Waals surface area contributed by atoms with Crippen molar-refractivity contribution in [2.45, 2.75) is 38.1 Å². The summed E-state index contributed by atoms with van der Waals surface area (Å²) in [7, 11) is -3.30. The van der Waals surface area contributed by atoms with Gasteiger partial charge >= 0.3 is 0 Å². The van der Waals surface area contributed by atoms with E-state index in [0.717, 1.165) is 25.7 Å². The molecule has 0 N–H and O–H groups in total. The highest BCUT2D eigenvalue weighted by Gasteiger charge is 2.48. The highest BCUT2D eigenvalue weighted by atomic mass is 32.2. The van der Waals surface area contributed by atoms with E-state index >= 15 is 0 Å². The van der Waals surface area contributed by atoms with Gasteiger partial charge in [0.25, 0.3) is 5.91 Å². The molecule has 0 radical (unpaired) electrons. The molecule has 1 aromatic rings. The van der Waals surface area contributed by atoms with E-state index in [1.807, 2.05) is 0 Å². The summed E-state index contributed by atoms with van der Waals surface area (Å²) in [5.41, 5.74) is 0.324. The summed E-state index contributed by atoms with van der Waals surface area (Å²) in [5.74, 6) is -0.625. The van der Waals surface area contributed by atoms with Crippen LogP contribution in [0.2, 0.25) is 0 Å². The van der Waals surface area contributed by atoms with Crippen molar-refractivity contribution in [1.82, 2.24) is 9.21 Å². The summed E-state index contributed by atoms with van der Waals surface area (Å²) in [5, 5.41) is 0. The number of likely N-dealkylation sites (tertiary alicyclic amines) is 1. The van der Waals surface area contributed by atoms with Gasteiger partial charge in [-0.05, 0) is 50.3 Å². The molecule has 0 unspecified atom stereocenters. The molecule has 5 nitrogen and oxygen atoms in total. The first-order valence-corrected chi connectivity index (χ1v) is 10.1. The standard InChI is InChI=1S/C17H23FN2O3S/c1-13-5-6-14(11-15(13)18)16(21)19-9-3-7-17(12-19)8-4-10-20(17)24(2,22)23/h5-6,11H,3-4,7-10,12H2,1-2H3/t17-/m0/s1. The molecular weight excluding hydrogens is 331 g/mol. The number of benzene rings is 1. The molecule has 3 rings (SSSR count). The smallest absolute Gasteiger partial charge is 0.254 e. The Balaban J connectivity index is 1.85. The van der Waals surface area contributed by atoms with Crippen LogP contribution in [0.5, 0.6) is 0 Å². The number of piperidine rings is 1. The molecule has 7 heteroatoms. The number of carbonyl (C=O) groups excluding carboxylic acids is 1. The fourth-order valence-electron chi connectivity index (χ4n) is 4.03. The quantitative estimate of drug-likeness (QED) is 0.818. The molecule has 1 spiro atoms. The largest absolute Gasteiger partial charge is 0.337 e. The second-order valence-corrected chi connectivity index (χ2v) is 8.86. The normalized spacial score (nSPS) is 25.4. The lowest BCUT2D eigenvalue weighted by molar-refractivity contribution is 0.0524. The van der Waals surface area contributed by atoms with E-state index in [4.69, 9.17) is 0 Å². The van der Waals surface area contributed by atoms with Gasteiger partial charge in [-0.3, -0.25) is 4.79 Å². The molecule has 2 saturated heterocycles. The van der Waals surface area contributed by atoms with Crippen molar-refractivity contribution in [2.24, 2.45) is 0 Å². The summed E-state index contributed by atoms with van der Waals surface area (Å²) >= 11 is 0. The third-order valence-electron chi connectivity index (χ3n) is 5.19. The molecule has 2 aliphatic heterocycles. The molecule has 0 saturated carbocycles. The number of aryl methyl sites for hydroxylation is 1. The topological polar surface area (TPSA) is 57.7 Å². The van der Waals surface area contributed by atoms with Crippen molar-refractivity contribution in [2.75, 3.05) is 25.9 Å². The number of halogens is 1. The average molecular weight is 354 g/mol. The molecule has 2 heterocycles. The summed E-state index contributed by atoms with van der Waals surface area (Å²) in [4.78, 5) is 14.4. The van der Waals surface area contributed by atoms with E-state index in [2.05, 4.69) is 0 Å². The van der Waals surface area contributed by atoms with Crippen LogP contribution in [0.1, 0.15) is 41.6 Å². The fraction of sp³-hybridized carbons (Fsp3) is 0.588. The maximum Gasteiger partial charge on any atom is 0.254 e. The van der Waals surface area contributed by atoms with Gasteiger partial charge in [-0.1, -0.05) is 6.07 Å². The molecule has 2 fully saturated rings. The number of rotatable bonds is 2. The Kier molecular flexibility index (Phi) is 4.42. The van der Waals surface area contributed by atoms with Crippen LogP contribution in [0.15, 0.2) is 18.2 Å². The molecule has 1 aromatic carbocycles. The summed E-state index contributed by atoms with van der Waals surface area (Å²) in [6.07, 6.45) is 4.34. The number of amides is 1. The Labute approximate surface area is 142 Å². The van der Waals surface area contributed by atoms with E-state index < -0.39 is 21.4 Å². The Morgan fingerprint density at radius 2 is 1.88 bits per heavy atom. The molecule has 24 heavy (non-hydrogen) atoms. The number of hydrogen-bond donors (Lipinski definition) is 0. The maximum absolute atomic E-state index is 13.8. The Morgan fingerprint density at radius 1 is 1.21 bits per heavy atom. The summed E-state index contributed by atoms with van der Waals surface area (Å²) in [6, 6.07) is 4.49. The molecule has 2 aliphatic rings. The first-order chi connectivity index (χ1) is 11.2. The molecule has 1 amide bonds. The maximum atomic E-state index is 13.8. The molecular formula is C17H23FN2O3S. The van der Waals surface area contributed by atoms with E-state index in [-0.39, 0.29) is 5.91 Å². The van der Waals surface area contributed by atoms with Gasteiger partial charge in [0.15, 0.2) is 0 Å². The highest BCUT2D eigenvalue weighted by molar-refractivity contribution is 7.88. The Hall–Kier alpha value is -1.47. The second kappa shape index (κ2) is 6.11. The fourth-order valence-corrected chi connectivity index (χ4v) is 5.44. The van der Waals surface area contributed by atoms with Gasteiger partial charge in [0.2, 0.25) is 10.0 Å². The van der Waals surface area contributed by atoms with Gasteiger partial charge in [-0.15, -0.1) is 0 Å². The summed E-state index contributed by atoms with van der Waals surface area (Å²) < 4.78 is 39.5. The lowest BCUT2D eigenvalue weighted by Gasteiger charge is -2.44. The van der Waals surface area contributed by atoms with Crippen LogP contribution in [0.4, 0.5) is 4.39 Å². The van der Waals surface area contributed by atoms with Crippen molar-refractivity contribution in [3.05, 3.63) is 35.1 Å². The number of sulfonamides is 1. The zero-order valence-corrected chi connectivity index (χ0v) is 14.9. The van der Waals surface area contributed by atoms with E-state index in [1.54, 1.807) is 28.3 Å². The molecule has 0 aromatic heterocycles. The Bertz CT molecular complexity index is 765. The van der Waals surface area contributed by atoms with Crippen molar-refractivity contribution < 1.29 is 17.6 Å². The van der Waals surface area contributed by atoms with Crippen LogP contribution < -0.4 is 0 Å². The van der Waals surface area contributed by atoms with Crippen molar-refractivity contribution in [3.63, 3.8) is 0 Å². The SMILES string of the molecule is Cc1ccc(C(=O)N2CCC[C@]3(CCCN3S(C)(=O)=O)C2)cc1F. The van der Waals surface area contributed by atoms with Gasteiger partial charge in [-0.25, -0.2) is 12.8 Å². The van der Waals surface area contributed by atoms with Gasteiger partial charge in [0.05, 0.1) is 11.8 Å². The van der Waals surface area contributed by atoms with Crippen molar-refractivity contribution in [1.29, 1.82) is 0 Å². The van der Waals surface area contributed by atoms with Crippen LogP contribution in [0.3, 0.4) is 0 Å². The van der Waals surface area contributed by atoms with Gasteiger partial charge < -0.3 is 4.90 Å². The van der Waals surface area contributed by atoms with E-state index in [9.17, 15) is 17.6 Å². The lowest BCUT2D eigenvalue weighted by Crippen LogP contribution is -2.58. The molecule has 0 bridgehead atoms. The monoisotopic (exact) mass is 354 g/mol. The highest BCUT2D eigenvalue weighted by Crippen LogP contribution is 2.39. The van der Waals surface area contributed by atoms with Crippen LogP contribution in [-0.2, 0) is 10.0 Å². The average Bonchev–Trinajstić information content (AvgIpc) is 2.92. The number of hydrogen-bond acceptors (Lipinski definition) is 3. The third-order valence-corrected chi connectivity index (χ3v) is 6.56. The predicted octanol–water partition coefficient (Wildman–Crippen LogP) is 2.16. The minimum Gasteiger partial charge on any atom is -0.337 e. The first kappa shape index (κ1) is 17.4. The Morgan fingerprint density at radius 3 is 2.50 bits per heavy atom. The van der Waals surface area contributed by atoms with Crippen LogP contribution in [-0.4, -0.2) is 55.0 Å². The zero-order chi connectivity index (χ0) is 17.5. The van der Waals surface area contributed by atoms with Crippen molar-refractivity contribution in [3.8, 4) is 0 Å². The number of nitrogens with zero attached hydrogens (tertiary/aromatic N) is 2. The van der Waals surface area contributed by atoms with E-state index in [1.165, 1.54) is 12.3 Å². The number of carbonyl (C=O) groups is 1. The van der Waals surface area contributed by atoms with Crippen LogP contribution >= 0.6 is 0 Å². The lowest BCUT2D eigenvalue weighted by atomic mass is 9.87. The van der Waals surface area contributed by atoms with Gasteiger partial charge in [0, 0.05) is 25.2 Å². The van der Waals surface area contributed by atoms with Gasteiger partial charge in [0.1, 0.15) is 5.82 Å². The predicted molar refractivity (Wildman–Crippen MR) is 89.8 cm³/mol. The molecule has 132 valence electrons. The molecule has 1 atom stereocenters. The van der Waals surface area contributed by atoms with E-state index in [0.29, 0.717) is 30.8 Å². The minimum atomic E-state index is -3.30. The molecule has 0 aliphatic carbocycles. The minimum absolute atomic E-state index is 0.228. The second-order valence-electron chi connectivity index (χ2n) is 6.96. The van der Waals surface area contributed by atoms with Crippen LogP contribution in [0.25, 0.3) is 0 Å².